The molecule has 0 aliphatic carbocycles. The Morgan fingerprint density at radius 3 is 2.89 bits per heavy atom. The molecular formula is C13H14FN3O2. The van der Waals surface area contributed by atoms with Gasteiger partial charge in [0.1, 0.15) is 12.2 Å². The maximum atomic E-state index is 13.4. The lowest BCUT2D eigenvalue weighted by molar-refractivity contribution is -0.128. The molecule has 0 spiro atoms. The summed E-state index contributed by atoms with van der Waals surface area (Å²) in [6, 6.07) is 4.35. The first-order valence-corrected chi connectivity index (χ1v) is 6.18. The van der Waals surface area contributed by atoms with Crippen molar-refractivity contribution in [1.29, 1.82) is 0 Å². The molecule has 1 saturated heterocycles. The second-order valence-corrected chi connectivity index (χ2v) is 4.90. The average molecular weight is 263 g/mol. The molecule has 0 aromatic heterocycles. The minimum Gasteiger partial charge on any atom is -0.398 e. The lowest BCUT2D eigenvalue weighted by Gasteiger charge is -2.31. The zero-order valence-electron chi connectivity index (χ0n) is 10.2. The standard InChI is InChI=1S/C13H14FN3O2/c14-7-4-11(12(18)16-5-7)17-6-9-8(13(17)19)2-1-3-10(9)15/h1-3,7,11H,4-6,15H2,(H,16,18)/t7-,11-/m0/s1. The largest absolute Gasteiger partial charge is 0.398 e. The van der Waals surface area contributed by atoms with Crippen LogP contribution in [0.4, 0.5) is 10.1 Å². The van der Waals surface area contributed by atoms with Gasteiger partial charge in [-0.2, -0.15) is 0 Å². The number of halogens is 1. The highest BCUT2D eigenvalue weighted by molar-refractivity contribution is 6.02. The van der Waals surface area contributed by atoms with Crippen LogP contribution in [0.3, 0.4) is 0 Å². The molecule has 2 aliphatic rings. The molecule has 19 heavy (non-hydrogen) atoms. The van der Waals surface area contributed by atoms with Crippen molar-refractivity contribution >= 4 is 17.5 Å². The topological polar surface area (TPSA) is 75.4 Å². The molecule has 0 radical (unpaired) electrons. The van der Waals surface area contributed by atoms with Gasteiger partial charge in [0.05, 0.1) is 0 Å². The van der Waals surface area contributed by atoms with Crippen LogP contribution in [0, 0.1) is 0 Å². The molecule has 1 aromatic carbocycles. The maximum Gasteiger partial charge on any atom is 0.255 e. The first-order chi connectivity index (χ1) is 9.08. The third kappa shape index (κ3) is 1.83. The van der Waals surface area contributed by atoms with E-state index in [0.29, 0.717) is 11.3 Å². The highest BCUT2D eigenvalue weighted by atomic mass is 19.1. The number of amides is 2. The van der Waals surface area contributed by atoms with Gasteiger partial charge in [-0.1, -0.05) is 6.07 Å². The fourth-order valence-corrected chi connectivity index (χ4v) is 2.66. The third-order valence-electron chi connectivity index (χ3n) is 3.69. The first-order valence-electron chi connectivity index (χ1n) is 6.18. The number of nitrogens with one attached hydrogen (secondary N) is 1. The van der Waals surface area contributed by atoms with E-state index in [1.807, 2.05) is 0 Å². The molecule has 1 aromatic rings. The van der Waals surface area contributed by atoms with Crippen LogP contribution in [0.1, 0.15) is 22.3 Å². The van der Waals surface area contributed by atoms with Gasteiger partial charge in [-0.05, 0) is 12.1 Å². The van der Waals surface area contributed by atoms with E-state index in [9.17, 15) is 14.0 Å². The van der Waals surface area contributed by atoms with Crippen molar-refractivity contribution in [3.63, 3.8) is 0 Å². The van der Waals surface area contributed by atoms with Gasteiger partial charge in [-0.25, -0.2) is 4.39 Å². The average Bonchev–Trinajstić information content (AvgIpc) is 2.72. The quantitative estimate of drug-likeness (QED) is 0.722. The van der Waals surface area contributed by atoms with Crippen molar-refractivity contribution in [2.75, 3.05) is 12.3 Å². The lowest BCUT2D eigenvalue weighted by atomic mass is 10.0. The molecule has 0 saturated carbocycles. The zero-order chi connectivity index (χ0) is 13.6. The summed E-state index contributed by atoms with van der Waals surface area (Å²) in [6.07, 6.45) is -1.07. The van der Waals surface area contributed by atoms with Crippen LogP contribution in [0.2, 0.25) is 0 Å². The van der Waals surface area contributed by atoms with Gasteiger partial charge in [0.15, 0.2) is 0 Å². The number of alkyl halides is 1. The van der Waals surface area contributed by atoms with Crippen molar-refractivity contribution in [2.24, 2.45) is 0 Å². The van der Waals surface area contributed by atoms with Crippen molar-refractivity contribution in [2.45, 2.75) is 25.2 Å². The number of piperidine rings is 1. The molecular weight excluding hydrogens is 249 g/mol. The Hall–Kier alpha value is -2.11. The molecule has 1 fully saturated rings. The molecule has 3 N–H and O–H groups in total. The number of nitrogens with zero attached hydrogens (tertiary/aromatic N) is 1. The highest BCUT2D eigenvalue weighted by Crippen LogP contribution is 2.30. The Kier molecular flexibility index (Phi) is 2.66. The number of carbonyl (C=O) groups is 2. The van der Waals surface area contributed by atoms with Crippen LogP contribution < -0.4 is 11.1 Å². The van der Waals surface area contributed by atoms with Crippen molar-refractivity contribution in [3.8, 4) is 0 Å². The Bertz CT molecular complexity index is 561. The SMILES string of the molecule is Nc1cccc2c1CN([C@H]1C[C@H](F)CNC1=O)C2=O. The summed E-state index contributed by atoms with van der Waals surface area (Å²) in [7, 11) is 0. The number of nitrogens with two attached hydrogens (primary N) is 1. The van der Waals surface area contributed by atoms with Crippen molar-refractivity contribution in [1.82, 2.24) is 10.2 Å². The van der Waals surface area contributed by atoms with Crippen LogP contribution in [0.5, 0.6) is 0 Å². The predicted molar refractivity (Wildman–Crippen MR) is 67.0 cm³/mol. The van der Waals surface area contributed by atoms with Gasteiger partial charge in [0.25, 0.3) is 5.91 Å². The van der Waals surface area contributed by atoms with E-state index in [2.05, 4.69) is 5.32 Å². The highest BCUT2D eigenvalue weighted by Gasteiger charge is 2.40. The molecule has 5 nitrogen and oxygen atoms in total. The molecule has 2 heterocycles. The van der Waals surface area contributed by atoms with Gasteiger partial charge in [0.2, 0.25) is 5.91 Å². The predicted octanol–water partition coefficient (Wildman–Crippen LogP) is 0.451. The second kappa shape index (κ2) is 4.22. The van der Waals surface area contributed by atoms with Crippen LogP contribution >= 0.6 is 0 Å². The van der Waals surface area contributed by atoms with Gasteiger partial charge < -0.3 is 16.0 Å². The monoisotopic (exact) mass is 263 g/mol. The molecule has 2 atom stereocenters. The molecule has 6 heteroatoms. The van der Waals surface area contributed by atoms with E-state index < -0.39 is 12.2 Å². The molecule has 2 aliphatic heterocycles. The number of hydrogen-bond donors (Lipinski definition) is 2. The van der Waals surface area contributed by atoms with Crippen LogP contribution in [-0.4, -0.2) is 35.5 Å². The summed E-state index contributed by atoms with van der Waals surface area (Å²) in [5.41, 5.74) is 7.59. The fraction of sp³-hybridized carbons (Fsp3) is 0.385. The van der Waals surface area contributed by atoms with Crippen molar-refractivity contribution < 1.29 is 14.0 Å². The minimum absolute atomic E-state index is 0.0203. The Morgan fingerprint density at radius 1 is 1.37 bits per heavy atom. The lowest BCUT2D eigenvalue weighted by Crippen LogP contribution is -2.54. The number of fused-ring (bicyclic) bond motifs is 1. The number of anilines is 1. The summed E-state index contributed by atoms with van der Waals surface area (Å²) in [4.78, 5) is 25.5. The fourth-order valence-electron chi connectivity index (χ4n) is 2.66. The number of rotatable bonds is 1. The second-order valence-electron chi connectivity index (χ2n) is 4.90. The van der Waals surface area contributed by atoms with Crippen molar-refractivity contribution in [3.05, 3.63) is 29.3 Å². The summed E-state index contributed by atoms with van der Waals surface area (Å²) in [5, 5.41) is 2.48. The zero-order valence-corrected chi connectivity index (χ0v) is 10.2. The molecule has 100 valence electrons. The smallest absolute Gasteiger partial charge is 0.255 e. The molecule has 0 bridgehead atoms. The van der Waals surface area contributed by atoms with E-state index in [4.69, 9.17) is 5.73 Å². The number of benzene rings is 1. The summed E-state index contributed by atoms with van der Waals surface area (Å²) in [5.74, 6) is -0.551. The maximum absolute atomic E-state index is 13.4. The van der Waals surface area contributed by atoms with Crippen LogP contribution in [0.25, 0.3) is 0 Å². The normalized spacial score (nSPS) is 26.3. The third-order valence-corrected chi connectivity index (χ3v) is 3.69. The number of nitrogen functional groups attached to an aromatic ring is 1. The van der Waals surface area contributed by atoms with E-state index in [0.717, 1.165) is 5.56 Å². The van der Waals surface area contributed by atoms with Gasteiger partial charge in [0, 0.05) is 36.3 Å². The van der Waals surface area contributed by atoms with E-state index in [1.54, 1.807) is 18.2 Å². The Labute approximate surface area is 109 Å². The van der Waals surface area contributed by atoms with E-state index >= 15 is 0 Å². The van der Waals surface area contributed by atoms with Gasteiger partial charge in [-0.3, -0.25) is 9.59 Å². The minimum atomic E-state index is -1.11. The number of hydrogen-bond acceptors (Lipinski definition) is 3. The Morgan fingerprint density at radius 2 is 2.16 bits per heavy atom. The number of carbonyl (C=O) groups excluding carboxylic acids is 2. The van der Waals surface area contributed by atoms with Gasteiger partial charge >= 0.3 is 0 Å². The summed E-state index contributed by atoms with van der Waals surface area (Å²) in [6.45, 7) is 0.290. The first kappa shape index (κ1) is 12.0. The molecule has 2 amide bonds. The summed E-state index contributed by atoms with van der Waals surface area (Å²) < 4.78 is 13.4. The Balaban J connectivity index is 1.91. The van der Waals surface area contributed by atoms with E-state index in [1.165, 1.54) is 4.90 Å². The van der Waals surface area contributed by atoms with Crippen LogP contribution in [0.15, 0.2) is 18.2 Å². The van der Waals surface area contributed by atoms with Crippen LogP contribution in [-0.2, 0) is 11.3 Å². The van der Waals surface area contributed by atoms with Gasteiger partial charge in [-0.15, -0.1) is 0 Å². The molecule has 3 rings (SSSR count). The molecule has 0 unspecified atom stereocenters. The van der Waals surface area contributed by atoms with E-state index in [-0.39, 0.29) is 31.3 Å². The summed E-state index contributed by atoms with van der Waals surface area (Å²) >= 11 is 0.